The van der Waals surface area contributed by atoms with E-state index in [2.05, 4.69) is 15.9 Å². The molecule has 0 aromatic heterocycles. The van der Waals surface area contributed by atoms with Crippen LogP contribution in [0.25, 0.3) is 0 Å². The quantitative estimate of drug-likeness (QED) is 0.634. The van der Waals surface area contributed by atoms with Crippen LogP contribution in [0.2, 0.25) is 5.02 Å². The number of hydrogen-bond acceptors (Lipinski definition) is 1. The summed E-state index contributed by atoms with van der Waals surface area (Å²) >= 11 is 16.0. The van der Waals surface area contributed by atoms with Gasteiger partial charge in [0.25, 0.3) is 0 Å². The van der Waals surface area contributed by atoms with Crippen LogP contribution in [-0.2, 0) is 0 Å². The molecule has 0 aliphatic rings. The molecule has 0 fully saturated rings. The molecule has 2 aromatic carbocycles. The van der Waals surface area contributed by atoms with E-state index in [4.69, 9.17) is 27.9 Å². The van der Waals surface area contributed by atoms with Crippen LogP contribution in [0.5, 0.6) is 5.75 Å². The molecule has 2 rings (SSSR count). The zero-order chi connectivity index (χ0) is 14.0. The molecule has 0 amide bonds. The summed E-state index contributed by atoms with van der Waals surface area (Å²) in [5.74, 6) is 0.831. The lowest BCUT2D eigenvalue weighted by Gasteiger charge is -2.15. The minimum absolute atomic E-state index is 0.235. The fourth-order valence-corrected chi connectivity index (χ4v) is 3.22. The van der Waals surface area contributed by atoms with Gasteiger partial charge in [-0.1, -0.05) is 33.6 Å². The van der Waals surface area contributed by atoms with Crippen LogP contribution in [-0.4, -0.2) is 7.11 Å². The van der Waals surface area contributed by atoms with Crippen molar-refractivity contribution in [3.05, 3.63) is 62.6 Å². The number of alkyl halides is 1. The lowest BCUT2D eigenvalue weighted by molar-refractivity contribution is 0.414. The Morgan fingerprint density at radius 2 is 1.89 bits per heavy atom. The van der Waals surface area contributed by atoms with Gasteiger partial charge in [-0.05, 0) is 53.9 Å². The molecule has 0 bridgehead atoms. The minimum atomic E-state index is -0.235. The number of ether oxygens (including phenoxy) is 1. The predicted molar refractivity (Wildman–Crippen MR) is 84.6 cm³/mol. The van der Waals surface area contributed by atoms with Crippen molar-refractivity contribution in [2.45, 2.75) is 12.3 Å². The second kappa shape index (κ2) is 6.17. The Labute approximate surface area is 131 Å². The maximum Gasteiger partial charge on any atom is 0.119 e. The Morgan fingerprint density at radius 3 is 2.47 bits per heavy atom. The third-order valence-electron chi connectivity index (χ3n) is 2.93. The van der Waals surface area contributed by atoms with Crippen molar-refractivity contribution in [2.75, 3.05) is 7.11 Å². The highest BCUT2D eigenvalue weighted by Gasteiger charge is 2.15. The van der Waals surface area contributed by atoms with Crippen LogP contribution < -0.4 is 4.74 Å². The second-order valence-corrected chi connectivity index (χ2v) is 6.08. The number of methoxy groups -OCH3 is 1. The first-order valence-corrected chi connectivity index (χ1v) is 7.36. The fraction of sp³-hybridized carbons (Fsp3) is 0.200. The van der Waals surface area contributed by atoms with E-state index in [0.29, 0.717) is 5.02 Å². The standard InChI is InChI=1S/C15H13BrCl2O/c1-9-5-13(19-2)3-4-14(9)15(18)10-6-11(16)8-12(17)7-10/h3-8,15H,1-2H3. The Morgan fingerprint density at radius 1 is 1.16 bits per heavy atom. The van der Waals surface area contributed by atoms with Gasteiger partial charge in [0.2, 0.25) is 0 Å². The second-order valence-electron chi connectivity index (χ2n) is 4.29. The van der Waals surface area contributed by atoms with E-state index in [-0.39, 0.29) is 5.38 Å². The molecule has 1 atom stereocenters. The summed E-state index contributed by atoms with van der Waals surface area (Å²) < 4.78 is 6.12. The molecule has 0 heterocycles. The number of halogens is 3. The summed E-state index contributed by atoms with van der Waals surface area (Å²) in [6, 6.07) is 11.6. The molecule has 0 aliphatic carbocycles. The van der Waals surface area contributed by atoms with Crippen LogP contribution >= 0.6 is 39.1 Å². The van der Waals surface area contributed by atoms with Gasteiger partial charge >= 0.3 is 0 Å². The first kappa shape index (κ1) is 14.7. The van der Waals surface area contributed by atoms with E-state index in [1.807, 2.05) is 43.3 Å². The van der Waals surface area contributed by atoms with E-state index in [9.17, 15) is 0 Å². The molecule has 0 saturated heterocycles. The largest absolute Gasteiger partial charge is 0.497 e. The lowest BCUT2D eigenvalue weighted by atomic mass is 10.00. The highest BCUT2D eigenvalue weighted by atomic mass is 79.9. The Hall–Kier alpha value is -0.700. The van der Waals surface area contributed by atoms with Crippen molar-refractivity contribution in [3.8, 4) is 5.75 Å². The zero-order valence-electron chi connectivity index (χ0n) is 10.6. The average molecular weight is 360 g/mol. The Balaban J connectivity index is 2.40. The van der Waals surface area contributed by atoms with Gasteiger partial charge in [0.1, 0.15) is 5.75 Å². The highest BCUT2D eigenvalue weighted by molar-refractivity contribution is 9.10. The molecular formula is C15H13BrCl2O. The van der Waals surface area contributed by atoms with Crippen LogP contribution in [0.3, 0.4) is 0 Å². The van der Waals surface area contributed by atoms with E-state index in [1.165, 1.54) is 0 Å². The van der Waals surface area contributed by atoms with Gasteiger partial charge in [-0.3, -0.25) is 0 Å². The maximum atomic E-state index is 6.56. The zero-order valence-corrected chi connectivity index (χ0v) is 13.7. The summed E-state index contributed by atoms with van der Waals surface area (Å²) in [6.07, 6.45) is 0. The molecule has 1 nitrogen and oxygen atoms in total. The SMILES string of the molecule is COc1ccc(C(Cl)c2cc(Cl)cc(Br)c2)c(C)c1. The molecule has 0 saturated carbocycles. The smallest absolute Gasteiger partial charge is 0.119 e. The summed E-state index contributed by atoms with van der Waals surface area (Å²) in [6.45, 7) is 2.02. The fourth-order valence-electron chi connectivity index (χ4n) is 1.96. The summed E-state index contributed by atoms with van der Waals surface area (Å²) in [5.41, 5.74) is 3.11. The molecule has 2 aromatic rings. The molecule has 4 heteroatoms. The van der Waals surface area contributed by atoms with Gasteiger partial charge < -0.3 is 4.74 Å². The minimum Gasteiger partial charge on any atom is -0.497 e. The molecule has 1 unspecified atom stereocenters. The van der Waals surface area contributed by atoms with Crippen molar-refractivity contribution in [2.24, 2.45) is 0 Å². The Bertz CT molecular complexity index is 578. The number of rotatable bonds is 3. The number of aryl methyl sites for hydroxylation is 1. The molecule has 0 aliphatic heterocycles. The molecule has 0 radical (unpaired) electrons. The first-order chi connectivity index (χ1) is 9.01. The Kier molecular flexibility index (Phi) is 4.77. The van der Waals surface area contributed by atoms with Gasteiger partial charge in [-0.2, -0.15) is 0 Å². The maximum absolute atomic E-state index is 6.56. The molecular weight excluding hydrogens is 347 g/mol. The van der Waals surface area contributed by atoms with Crippen LogP contribution in [0.15, 0.2) is 40.9 Å². The summed E-state index contributed by atoms with van der Waals surface area (Å²) in [4.78, 5) is 0. The molecule has 0 spiro atoms. The van der Waals surface area contributed by atoms with Gasteiger partial charge in [-0.25, -0.2) is 0 Å². The van der Waals surface area contributed by atoms with Gasteiger partial charge in [0, 0.05) is 9.50 Å². The van der Waals surface area contributed by atoms with Crippen molar-refractivity contribution in [1.29, 1.82) is 0 Å². The van der Waals surface area contributed by atoms with Crippen molar-refractivity contribution in [1.82, 2.24) is 0 Å². The number of benzene rings is 2. The van der Waals surface area contributed by atoms with Gasteiger partial charge in [0.05, 0.1) is 12.5 Å². The average Bonchev–Trinajstić information content (AvgIpc) is 2.36. The summed E-state index contributed by atoms with van der Waals surface area (Å²) in [7, 11) is 1.65. The molecule has 19 heavy (non-hydrogen) atoms. The molecule has 0 N–H and O–H groups in total. The van der Waals surface area contributed by atoms with Crippen LogP contribution in [0.4, 0.5) is 0 Å². The third-order valence-corrected chi connectivity index (χ3v) is 4.09. The predicted octanol–water partition coefficient (Wildman–Crippen LogP) is 5.75. The number of hydrogen-bond donors (Lipinski definition) is 0. The van der Waals surface area contributed by atoms with Crippen molar-refractivity contribution in [3.63, 3.8) is 0 Å². The van der Waals surface area contributed by atoms with E-state index >= 15 is 0 Å². The van der Waals surface area contributed by atoms with Crippen LogP contribution in [0, 0.1) is 6.92 Å². The van der Waals surface area contributed by atoms with E-state index in [0.717, 1.165) is 26.9 Å². The van der Waals surface area contributed by atoms with Crippen LogP contribution in [0.1, 0.15) is 22.1 Å². The normalized spacial score (nSPS) is 12.3. The topological polar surface area (TPSA) is 9.23 Å². The lowest BCUT2D eigenvalue weighted by Crippen LogP contribution is -1.97. The van der Waals surface area contributed by atoms with Crippen molar-refractivity contribution < 1.29 is 4.74 Å². The van der Waals surface area contributed by atoms with Gasteiger partial charge in [0.15, 0.2) is 0 Å². The third kappa shape index (κ3) is 3.44. The first-order valence-electron chi connectivity index (χ1n) is 5.76. The highest BCUT2D eigenvalue weighted by Crippen LogP contribution is 2.35. The van der Waals surface area contributed by atoms with E-state index < -0.39 is 0 Å². The summed E-state index contributed by atoms with van der Waals surface area (Å²) in [5, 5.41) is 0.432. The molecule has 100 valence electrons. The monoisotopic (exact) mass is 358 g/mol. The van der Waals surface area contributed by atoms with Gasteiger partial charge in [-0.15, -0.1) is 11.6 Å². The van der Waals surface area contributed by atoms with Crippen molar-refractivity contribution >= 4 is 39.1 Å². The van der Waals surface area contributed by atoms with E-state index in [1.54, 1.807) is 7.11 Å².